The number of hydrogen-bond donors (Lipinski definition) is 0. The maximum Gasteiger partial charge on any atom is 0.416 e. The average molecular weight is 270 g/mol. The van der Waals surface area contributed by atoms with E-state index in [-0.39, 0.29) is 17.8 Å². The highest BCUT2D eigenvalue weighted by Gasteiger charge is 2.32. The molecule has 0 saturated carbocycles. The van der Waals surface area contributed by atoms with Crippen molar-refractivity contribution in [2.75, 3.05) is 7.11 Å². The number of rotatable bonds is 2. The van der Waals surface area contributed by atoms with Gasteiger partial charge >= 0.3 is 12.1 Å². The molecular weight excluding hydrogens is 257 g/mol. The van der Waals surface area contributed by atoms with Crippen molar-refractivity contribution in [3.63, 3.8) is 0 Å². The third-order valence-electron chi connectivity index (χ3n) is 3.23. The van der Waals surface area contributed by atoms with Crippen molar-refractivity contribution in [2.24, 2.45) is 5.92 Å². The fourth-order valence-electron chi connectivity index (χ4n) is 2.22. The topological polar surface area (TPSA) is 26.3 Å². The van der Waals surface area contributed by atoms with E-state index in [2.05, 4.69) is 4.74 Å². The Labute approximate surface area is 108 Å². The minimum Gasteiger partial charge on any atom is -0.469 e. The molecule has 0 aliphatic heterocycles. The fraction of sp³-hybridized carbons (Fsp3) is 0.357. The molecule has 0 fully saturated rings. The van der Waals surface area contributed by atoms with Gasteiger partial charge in [0.05, 0.1) is 18.6 Å². The Balaban J connectivity index is 2.17. The zero-order valence-electron chi connectivity index (χ0n) is 10.3. The van der Waals surface area contributed by atoms with Gasteiger partial charge in [-0.2, -0.15) is 13.2 Å². The number of halogens is 3. The molecule has 0 N–H and O–H groups in total. The Kier molecular flexibility index (Phi) is 3.64. The van der Waals surface area contributed by atoms with Crippen LogP contribution in [0.3, 0.4) is 0 Å². The van der Waals surface area contributed by atoms with Gasteiger partial charge in [-0.25, -0.2) is 0 Å². The lowest BCUT2D eigenvalue weighted by molar-refractivity contribution is -0.143. The van der Waals surface area contributed by atoms with Crippen LogP contribution in [0.1, 0.15) is 23.5 Å². The molecule has 0 heterocycles. The van der Waals surface area contributed by atoms with Gasteiger partial charge in [0.1, 0.15) is 0 Å². The van der Waals surface area contributed by atoms with Crippen molar-refractivity contribution in [3.8, 4) is 0 Å². The normalized spacial score (nSPS) is 22.5. The highest BCUT2D eigenvalue weighted by atomic mass is 19.4. The van der Waals surface area contributed by atoms with Crippen LogP contribution < -0.4 is 0 Å². The van der Waals surface area contributed by atoms with E-state index in [9.17, 15) is 18.0 Å². The van der Waals surface area contributed by atoms with E-state index in [1.54, 1.807) is 18.2 Å². The van der Waals surface area contributed by atoms with E-state index in [1.807, 2.05) is 0 Å². The van der Waals surface area contributed by atoms with Crippen molar-refractivity contribution < 1.29 is 22.7 Å². The highest BCUT2D eigenvalue weighted by Crippen LogP contribution is 2.36. The van der Waals surface area contributed by atoms with Gasteiger partial charge in [-0.15, -0.1) is 0 Å². The summed E-state index contributed by atoms with van der Waals surface area (Å²) in [4.78, 5) is 11.4. The van der Waals surface area contributed by atoms with E-state index in [1.165, 1.54) is 13.2 Å². The molecule has 0 bridgehead atoms. The second kappa shape index (κ2) is 5.07. The number of alkyl halides is 3. The Morgan fingerprint density at radius 3 is 2.68 bits per heavy atom. The van der Waals surface area contributed by atoms with Gasteiger partial charge in [0.25, 0.3) is 0 Å². The fourth-order valence-corrected chi connectivity index (χ4v) is 2.22. The number of esters is 1. The van der Waals surface area contributed by atoms with Crippen molar-refractivity contribution in [2.45, 2.75) is 18.5 Å². The quantitative estimate of drug-likeness (QED) is 0.607. The molecule has 2 unspecified atom stereocenters. The molecule has 1 aromatic carbocycles. The molecule has 19 heavy (non-hydrogen) atoms. The second-order valence-electron chi connectivity index (χ2n) is 4.48. The highest BCUT2D eigenvalue weighted by molar-refractivity contribution is 5.75. The van der Waals surface area contributed by atoms with Crippen molar-refractivity contribution in [1.82, 2.24) is 0 Å². The van der Waals surface area contributed by atoms with Crippen LogP contribution in [0.15, 0.2) is 36.4 Å². The molecule has 2 nitrogen and oxygen atoms in total. The van der Waals surface area contributed by atoms with Crippen molar-refractivity contribution in [1.29, 1.82) is 0 Å². The van der Waals surface area contributed by atoms with Crippen LogP contribution in [-0.4, -0.2) is 13.1 Å². The SMILES string of the molecule is COC(=O)C1C=CC(c2cccc(C(F)(F)F)c2)C1. The third kappa shape index (κ3) is 2.97. The van der Waals surface area contributed by atoms with E-state index < -0.39 is 11.7 Å². The monoisotopic (exact) mass is 270 g/mol. The average Bonchev–Trinajstić information content (AvgIpc) is 2.86. The smallest absolute Gasteiger partial charge is 0.416 e. The molecule has 0 saturated heterocycles. The molecule has 1 aliphatic carbocycles. The molecule has 0 amide bonds. The number of methoxy groups -OCH3 is 1. The second-order valence-corrected chi connectivity index (χ2v) is 4.48. The van der Waals surface area contributed by atoms with E-state index in [0.29, 0.717) is 12.0 Å². The first-order valence-corrected chi connectivity index (χ1v) is 5.85. The first-order valence-electron chi connectivity index (χ1n) is 5.85. The Morgan fingerprint density at radius 2 is 2.05 bits per heavy atom. The van der Waals surface area contributed by atoms with Crippen LogP contribution in [0.2, 0.25) is 0 Å². The molecule has 5 heteroatoms. The van der Waals surface area contributed by atoms with Crippen LogP contribution in [-0.2, 0) is 15.7 Å². The van der Waals surface area contributed by atoms with Gasteiger partial charge in [0.15, 0.2) is 0 Å². The summed E-state index contributed by atoms with van der Waals surface area (Å²) in [7, 11) is 1.30. The Morgan fingerprint density at radius 1 is 1.32 bits per heavy atom. The zero-order valence-corrected chi connectivity index (χ0v) is 10.3. The molecule has 2 rings (SSSR count). The van der Waals surface area contributed by atoms with Gasteiger partial charge in [-0.3, -0.25) is 4.79 Å². The number of carbonyl (C=O) groups is 1. The summed E-state index contributed by atoms with van der Waals surface area (Å²) >= 11 is 0. The summed E-state index contributed by atoms with van der Waals surface area (Å²) in [6.07, 6.45) is -0.443. The van der Waals surface area contributed by atoms with Gasteiger partial charge in [-0.05, 0) is 18.1 Å². The first kappa shape index (κ1) is 13.6. The molecule has 0 spiro atoms. The summed E-state index contributed by atoms with van der Waals surface area (Å²) in [6.45, 7) is 0. The maximum atomic E-state index is 12.6. The molecule has 2 atom stereocenters. The number of benzene rings is 1. The summed E-state index contributed by atoms with van der Waals surface area (Å²) in [5.74, 6) is -0.901. The van der Waals surface area contributed by atoms with Gasteiger partial charge in [0.2, 0.25) is 0 Å². The first-order chi connectivity index (χ1) is 8.91. The van der Waals surface area contributed by atoms with Crippen LogP contribution >= 0.6 is 0 Å². The van der Waals surface area contributed by atoms with Gasteiger partial charge in [0, 0.05) is 5.92 Å². The molecular formula is C14H13F3O2. The van der Waals surface area contributed by atoms with E-state index >= 15 is 0 Å². The summed E-state index contributed by atoms with van der Waals surface area (Å²) < 4.78 is 42.5. The largest absolute Gasteiger partial charge is 0.469 e. The predicted octanol–water partition coefficient (Wildman–Crippen LogP) is 3.54. The maximum absolute atomic E-state index is 12.6. The molecule has 0 radical (unpaired) electrons. The van der Waals surface area contributed by atoms with Crippen LogP contribution in [0.4, 0.5) is 13.2 Å². The van der Waals surface area contributed by atoms with Gasteiger partial charge in [-0.1, -0.05) is 30.4 Å². The summed E-state index contributed by atoms with van der Waals surface area (Å²) in [5.41, 5.74) is -0.0996. The molecule has 102 valence electrons. The van der Waals surface area contributed by atoms with Crippen LogP contribution in [0, 0.1) is 5.92 Å². The number of ether oxygens (including phenoxy) is 1. The van der Waals surface area contributed by atoms with Crippen LogP contribution in [0.25, 0.3) is 0 Å². The number of hydrogen-bond acceptors (Lipinski definition) is 2. The number of allylic oxidation sites excluding steroid dienone is 1. The molecule has 1 aromatic rings. The lowest BCUT2D eigenvalue weighted by Crippen LogP contribution is -2.13. The minimum atomic E-state index is -4.35. The van der Waals surface area contributed by atoms with Crippen molar-refractivity contribution in [3.05, 3.63) is 47.5 Å². The lowest BCUT2D eigenvalue weighted by atomic mass is 9.94. The van der Waals surface area contributed by atoms with Crippen LogP contribution in [0.5, 0.6) is 0 Å². The summed E-state index contributed by atoms with van der Waals surface area (Å²) in [6, 6.07) is 5.20. The predicted molar refractivity (Wildman–Crippen MR) is 63.4 cm³/mol. The van der Waals surface area contributed by atoms with Crippen molar-refractivity contribution >= 4 is 5.97 Å². The Hall–Kier alpha value is -1.78. The Bertz CT molecular complexity index is 506. The molecule has 1 aliphatic rings. The van der Waals surface area contributed by atoms with Gasteiger partial charge < -0.3 is 4.74 Å². The third-order valence-corrected chi connectivity index (χ3v) is 3.23. The van der Waals surface area contributed by atoms with E-state index in [4.69, 9.17) is 0 Å². The van der Waals surface area contributed by atoms with E-state index in [0.717, 1.165) is 12.1 Å². The zero-order chi connectivity index (χ0) is 14.0. The molecule has 0 aromatic heterocycles. The minimum absolute atomic E-state index is 0.175. The standard InChI is InChI=1S/C14H13F3O2/c1-19-13(18)11-6-5-10(7-11)9-3-2-4-12(8-9)14(15,16)17/h2-6,8,10-11H,7H2,1H3. The number of carbonyl (C=O) groups excluding carboxylic acids is 1. The lowest BCUT2D eigenvalue weighted by Gasteiger charge is -2.13. The summed E-state index contributed by atoms with van der Waals surface area (Å²) in [5, 5.41) is 0.